The molecule has 0 aliphatic rings. The summed E-state index contributed by atoms with van der Waals surface area (Å²) in [7, 11) is 0. The van der Waals surface area contributed by atoms with Gasteiger partial charge in [0, 0.05) is 4.47 Å². The van der Waals surface area contributed by atoms with Crippen LogP contribution >= 0.6 is 27.5 Å². The summed E-state index contributed by atoms with van der Waals surface area (Å²) < 4.78 is 3.59. The normalized spacial score (nSPS) is 11.9. The largest absolute Gasteiger partial charge is 0.283 e. The quantitative estimate of drug-likeness (QED) is 0.490. The van der Waals surface area contributed by atoms with Crippen LogP contribution in [0.25, 0.3) is 21.8 Å². The minimum absolute atomic E-state index is 0.329. The van der Waals surface area contributed by atoms with Gasteiger partial charge in [-0.25, -0.2) is 4.52 Å². The lowest BCUT2D eigenvalue weighted by molar-refractivity contribution is 0.841. The molecule has 0 saturated carbocycles. The maximum atomic E-state index is 12.4. The van der Waals surface area contributed by atoms with Crippen LogP contribution in [0.2, 0.25) is 5.02 Å². The highest BCUT2D eigenvalue weighted by Gasteiger charge is 2.18. The Morgan fingerprint density at radius 1 is 0.950 bits per heavy atom. The van der Waals surface area contributed by atoms with Crippen molar-refractivity contribution in [1.29, 1.82) is 0 Å². The molecule has 0 spiro atoms. The number of hydrogen-bond donors (Lipinski definition) is 0. The Labute approximate surface area is 125 Å². The molecule has 0 radical (unpaired) electrons. The third-order valence-corrected chi connectivity index (χ3v) is 4.25. The molecule has 0 aliphatic heterocycles. The highest BCUT2D eigenvalue weighted by Crippen LogP contribution is 2.24. The van der Waals surface area contributed by atoms with Crippen molar-refractivity contribution in [2.75, 3.05) is 0 Å². The maximum absolute atomic E-state index is 12.4. The van der Waals surface area contributed by atoms with Crippen molar-refractivity contribution in [3.63, 3.8) is 0 Å². The molecule has 0 bridgehead atoms. The molecule has 0 N–H and O–H groups in total. The van der Waals surface area contributed by atoms with E-state index in [9.17, 15) is 9.59 Å². The van der Waals surface area contributed by atoms with Crippen LogP contribution in [0, 0.1) is 0 Å². The molecule has 0 fully saturated rings. The van der Waals surface area contributed by atoms with Gasteiger partial charge >= 0.3 is 0 Å². The second kappa shape index (κ2) is 3.84. The molecule has 4 nitrogen and oxygen atoms in total. The van der Waals surface area contributed by atoms with Crippen molar-refractivity contribution < 1.29 is 0 Å². The standard InChI is InChI=1S/C14H6BrClN2O2/c15-7-4-5-8-11(6-7)17-10-3-1-2-9(16)12(10)14(20)18(17)13(8)19/h1-6H. The first-order valence-electron chi connectivity index (χ1n) is 5.86. The Morgan fingerprint density at radius 3 is 2.55 bits per heavy atom. The molecule has 4 rings (SSSR count). The van der Waals surface area contributed by atoms with Crippen LogP contribution in [0.5, 0.6) is 0 Å². The minimum atomic E-state index is -0.386. The lowest BCUT2D eigenvalue weighted by atomic mass is 10.2. The number of benzene rings is 2. The van der Waals surface area contributed by atoms with Crippen LogP contribution in [0.1, 0.15) is 0 Å². The second-order valence-corrected chi connectivity index (χ2v) is 5.85. The summed E-state index contributed by atoms with van der Waals surface area (Å²) in [6.45, 7) is 0. The van der Waals surface area contributed by atoms with E-state index >= 15 is 0 Å². The van der Waals surface area contributed by atoms with Crippen molar-refractivity contribution in [1.82, 2.24) is 9.03 Å². The van der Waals surface area contributed by atoms with Crippen LogP contribution in [-0.4, -0.2) is 9.03 Å². The number of fused-ring (bicyclic) bond motifs is 5. The summed E-state index contributed by atoms with van der Waals surface area (Å²) in [6.07, 6.45) is 0. The Morgan fingerprint density at radius 2 is 1.75 bits per heavy atom. The van der Waals surface area contributed by atoms with Crippen LogP contribution in [0.3, 0.4) is 0 Å². The molecule has 2 aromatic heterocycles. The van der Waals surface area contributed by atoms with Gasteiger partial charge in [0.1, 0.15) is 0 Å². The molecule has 0 aliphatic carbocycles. The smallest absolute Gasteiger partial charge is 0.267 e. The predicted molar refractivity (Wildman–Crippen MR) is 82.3 cm³/mol. The summed E-state index contributed by atoms with van der Waals surface area (Å²) >= 11 is 9.47. The van der Waals surface area contributed by atoms with Gasteiger partial charge in [-0.2, -0.15) is 4.52 Å². The Hall–Kier alpha value is -1.85. The van der Waals surface area contributed by atoms with Gasteiger partial charge in [-0.1, -0.05) is 33.6 Å². The van der Waals surface area contributed by atoms with Gasteiger partial charge in [0.25, 0.3) is 11.1 Å². The summed E-state index contributed by atoms with van der Waals surface area (Å²) in [4.78, 5) is 24.8. The summed E-state index contributed by atoms with van der Waals surface area (Å²) in [5, 5.41) is 1.23. The fraction of sp³-hybridized carbons (Fsp3) is 0. The predicted octanol–water partition coefficient (Wildman–Crippen LogP) is 2.92. The van der Waals surface area contributed by atoms with Crippen molar-refractivity contribution in [2.45, 2.75) is 0 Å². The molecule has 6 heteroatoms. The van der Waals surface area contributed by atoms with E-state index in [1.54, 1.807) is 34.8 Å². The van der Waals surface area contributed by atoms with Gasteiger partial charge in [-0.15, -0.1) is 0 Å². The van der Waals surface area contributed by atoms with Crippen molar-refractivity contribution in [3.05, 3.63) is 66.6 Å². The van der Waals surface area contributed by atoms with Gasteiger partial charge < -0.3 is 0 Å². The summed E-state index contributed by atoms with van der Waals surface area (Å²) in [6, 6.07) is 10.5. The Bertz CT molecular complexity index is 1110. The zero-order chi connectivity index (χ0) is 14.0. The van der Waals surface area contributed by atoms with E-state index < -0.39 is 0 Å². The van der Waals surface area contributed by atoms with Gasteiger partial charge in [0.05, 0.1) is 26.8 Å². The molecule has 4 aromatic rings. The van der Waals surface area contributed by atoms with E-state index in [0.717, 1.165) is 8.99 Å². The van der Waals surface area contributed by atoms with Crippen LogP contribution < -0.4 is 11.1 Å². The van der Waals surface area contributed by atoms with Gasteiger partial charge in [-0.3, -0.25) is 9.59 Å². The highest BCUT2D eigenvalue weighted by atomic mass is 79.9. The average Bonchev–Trinajstić information content (AvgIpc) is 2.87. The van der Waals surface area contributed by atoms with E-state index in [2.05, 4.69) is 15.9 Å². The van der Waals surface area contributed by atoms with E-state index in [-0.39, 0.29) is 11.1 Å². The average molecular weight is 350 g/mol. The van der Waals surface area contributed by atoms with Gasteiger partial charge in [-0.05, 0) is 30.3 Å². The molecule has 98 valence electrons. The first kappa shape index (κ1) is 11.9. The first-order valence-corrected chi connectivity index (χ1v) is 7.03. The van der Waals surface area contributed by atoms with Crippen LogP contribution in [-0.2, 0) is 0 Å². The third-order valence-electron chi connectivity index (χ3n) is 3.44. The zero-order valence-electron chi connectivity index (χ0n) is 9.93. The third kappa shape index (κ3) is 1.31. The lowest BCUT2D eigenvalue weighted by Gasteiger charge is -1.96. The molecular formula is C14H6BrClN2O2. The minimum Gasteiger partial charge on any atom is -0.267 e. The lowest BCUT2D eigenvalue weighted by Crippen LogP contribution is -2.21. The van der Waals surface area contributed by atoms with Crippen LogP contribution in [0.4, 0.5) is 0 Å². The van der Waals surface area contributed by atoms with E-state index in [1.165, 1.54) is 0 Å². The molecular weight excluding hydrogens is 344 g/mol. The molecule has 0 saturated heterocycles. The van der Waals surface area contributed by atoms with Gasteiger partial charge in [0.2, 0.25) is 0 Å². The van der Waals surface area contributed by atoms with Gasteiger partial charge in [0.15, 0.2) is 0 Å². The van der Waals surface area contributed by atoms with E-state index in [4.69, 9.17) is 11.6 Å². The zero-order valence-corrected chi connectivity index (χ0v) is 12.3. The fourth-order valence-corrected chi connectivity index (χ4v) is 3.20. The Balaban J connectivity index is 2.49. The number of hydrogen-bond acceptors (Lipinski definition) is 2. The Kier molecular flexibility index (Phi) is 2.29. The highest BCUT2D eigenvalue weighted by molar-refractivity contribution is 9.10. The van der Waals surface area contributed by atoms with E-state index in [1.807, 2.05) is 6.07 Å². The maximum Gasteiger partial charge on any atom is 0.283 e. The molecule has 20 heavy (non-hydrogen) atoms. The molecule has 2 aromatic carbocycles. The topological polar surface area (TPSA) is 43.0 Å². The van der Waals surface area contributed by atoms with Crippen molar-refractivity contribution >= 4 is 49.3 Å². The summed E-state index contributed by atoms with van der Waals surface area (Å²) in [5.41, 5.74) is 0.596. The second-order valence-electron chi connectivity index (χ2n) is 4.53. The molecule has 0 unspecified atom stereocenters. The molecule has 0 amide bonds. The monoisotopic (exact) mass is 348 g/mol. The van der Waals surface area contributed by atoms with Crippen LogP contribution in [0.15, 0.2) is 50.5 Å². The van der Waals surface area contributed by atoms with Crippen molar-refractivity contribution in [2.24, 2.45) is 0 Å². The number of rotatable bonds is 0. The summed E-state index contributed by atoms with van der Waals surface area (Å²) in [5.74, 6) is 0. The molecule has 2 heterocycles. The SMILES string of the molecule is O=c1c2ccc(Br)cc2n2c3cccc(Cl)c3c(=O)n12. The van der Waals surface area contributed by atoms with E-state index in [0.29, 0.717) is 26.8 Å². The first-order chi connectivity index (χ1) is 9.59. The number of aromatic nitrogens is 2. The van der Waals surface area contributed by atoms with Crippen molar-refractivity contribution in [3.8, 4) is 0 Å². The molecule has 0 atom stereocenters. The number of nitrogens with zero attached hydrogens (tertiary/aromatic N) is 2. The number of halogens is 2. The fourth-order valence-electron chi connectivity index (χ4n) is 2.60.